The molecule has 2 heterocycles. The van der Waals surface area contributed by atoms with Crippen molar-refractivity contribution in [1.29, 1.82) is 0 Å². The zero-order valence-electron chi connectivity index (χ0n) is 15.6. The molecular formula is C20H19NO7S. The van der Waals surface area contributed by atoms with E-state index in [9.17, 15) is 23.1 Å². The summed E-state index contributed by atoms with van der Waals surface area (Å²) in [4.78, 5) is 24.7. The topological polar surface area (TPSA) is 123 Å². The van der Waals surface area contributed by atoms with Crippen LogP contribution in [0.15, 0.2) is 39.5 Å². The molecule has 8 nitrogen and oxygen atoms in total. The van der Waals surface area contributed by atoms with Crippen molar-refractivity contribution in [2.75, 3.05) is 18.1 Å². The van der Waals surface area contributed by atoms with E-state index in [1.165, 1.54) is 12.1 Å². The number of rotatable bonds is 4. The average Bonchev–Trinajstić information content (AvgIpc) is 2.97. The number of aromatic hydroxyl groups is 1. The summed E-state index contributed by atoms with van der Waals surface area (Å²) >= 11 is 0. The number of sulfone groups is 1. The lowest BCUT2D eigenvalue weighted by Crippen LogP contribution is -2.38. The Labute approximate surface area is 166 Å². The van der Waals surface area contributed by atoms with Gasteiger partial charge in [0.05, 0.1) is 16.9 Å². The molecule has 1 atom stereocenters. The van der Waals surface area contributed by atoms with Crippen LogP contribution < -0.4 is 15.5 Å². The van der Waals surface area contributed by atoms with Crippen LogP contribution in [0.1, 0.15) is 12.0 Å². The first-order valence-corrected chi connectivity index (χ1v) is 10.9. The maximum atomic E-state index is 12.7. The molecule has 9 heteroatoms. The Morgan fingerprint density at radius 2 is 2.07 bits per heavy atom. The molecule has 0 aliphatic carbocycles. The largest absolute Gasteiger partial charge is 0.507 e. The number of hydrogen-bond donors (Lipinski definition) is 2. The molecule has 1 aliphatic heterocycles. The van der Waals surface area contributed by atoms with Crippen LogP contribution in [0.3, 0.4) is 0 Å². The molecule has 3 aromatic rings. The number of aryl methyl sites for hydroxylation is 1. The van der Waals surface area contributed by atoms with Crippen LogP contribution in [0, 0.1) is 6.92 Å². The summed E-state index contributed by atoms with van der Waals surface area (Å²) in [5.41, 5.74) is 1.09. The summed E-state index contributed by atoms with van der Waals surface area (Å²) in [6, 6.07) is 7.41. The zero-order chi connectivity index (χ0) is 20.8. The van der Waals surface area contributed by atoms with E-state index in [0.29, 0.717) is 17.4 Å². The molecule has 0 radical (unpaired) electrons. The van der Waals surface area contributed by atoms with Gasteiger partial charge in [-0.15, -0.1) is 0 Å². The van der Waals surface area contributed by atoms with E-state index in [0.717, 1.165) is 5.56 Å². The minimum Gasteiger partial charge on any atom is -0.507 e. The summed E-state index contributed by atoms with van der Waals surface area (Å²) in [5, 5.41) is 13.3. The van der Waals surface area contributed by atoms with Crippen LogP contribution in [-0.2, 0) is 14.6 Å². The fourth-order valence-electron chi connectivity index (χ4n) is 3.45. The fourth-order valence-corrected chi connectivity index (χ4v) is 5.12. The number of hydrogen-bond acceptors (Lipinski definition) is 7. The molecule has 2 N–H and O–H groups in total. The molecule has 0 spiro atoms. The molecule has 4 rings (SSSR count). The van der Waals surface area contributed by atoms with Crippen LogP contribution in [0.4, 0.5) is 0 Å². The van der Waals surface area contributed by atoms with Gasteiger partial charge in [-0.1, -0.05) is 6.07 Å². The molecule has 1 fully saturated rings. The number of amides is 1. The van der Waals surface area contributed by atoms with Gasteiger partial charge < -0.3 is 19.6 Å². The normalized spacial score (nSPS) is 18.2. The van der Waals surface area contributed by atoms with Gasteiger partial charge in [0.2, 0.25) is 5.43 Å². The van der Waals surface area contributed by atoms with E-state index < -0.39 is 21.8 Å². The van der Waals surface area contributed by atoms with E-state index in [-0.39, 0.29) is 46.0 Å². The molecule has 0 bridgehead atoms. The van der Waals surface area contributed by atoms with Gasteiger partial charge >= 0.3 is 0 Å². The summed E-state index contributed by atoms with van der Waals surface area (Å²) < 4.78 is 34.1. The molecule has 2 aromatic carbocycles. The Kier molecular flexibility index (Phi) is 4.70. The number of carbonyl (C=O) groups excluding carboxylic acids is 1. The third kappa shape index (κ3) is 3.91. The van der Waals surface area contributed by atoms with Gasteiger partial charge in [-0.25, -0.2) is 8.42 Å². The summed E-state index contributed by atoms with van der Waals surface area (Å²) in [5.74, 6) is -0.644. The number of fused-ring (bicyclic) bond motifs is 2. The Hall–Kier alpha value is -3.07. The maximum absolute atomic E-state index is 12.7. The predicted octanol–water partition coefficient (Wildman–Crippen LogP) is 1.64. The molecular weight excluding hydrogens is 398 g/mol. The number of ether oxygens (including phenoxy) is 1. The van der Waals surface area contributed by atoms with Gasteiger partial charge in [-0.2, -0.15) is 0 Å². The maximum Gasteiger partial charge on any atom is 0.258 e. The lowest BCUT2D eigenvalue weighted by molar-refractivity contribution is -0.123. The van der Waals surface area contributed by atoms with E-state index in [1.807, 2.05) is 6.92 Å². The second kappa shape index (κ2) is 7.07. The Morgan fingerprint density at radius 1 is 1.28 bits per heavy atom. The van der Waals surface area contributed by atoms with Crippen LogP contribution in [0.5, 0.6) is 11.5 Å². The van der Waals surface area contributed by atoms with Crippen LogP contribution in [0.25, 0.3) is 21.9 Å². The lowest BCUT2D eigenvalue weighted by atomic mass is 10.1. The molecule has 1 aliphatic rings. The van der Waals surface area contributed by atoms with Crippen molar-refractivity contribution in [2.45, 2.75) is 19.4 Å². The highest BCUT2D eigenvalue weighted by Crippen LogP contribution is 2.30. The average molecular weight is 417 g/mol. The van der Waals surface area contributed by atoms with Crippen LogP contribution in [0.2, 0.25) is 0 Å². The molecule has 0 unspecified atom stereocenters. The summed E-state index contributed by atoms with van der Waals surface area (Å²) in [6.45, 7) is 1.51. The molecule has 1 aromatic heterocycles. The Balaban J connectivity index is 1.56. The van der Waals surface area contributed by atoms with Gasteiger partial charge in [-0.3, -0.25) is 9.59 Å². The van der Waals surface area contributed by atoms with Crippen molar-refractivity contribution in [1.82, 2.24) is 5.32 Å². The molecule has 1 amide bonds. The Bertz CT molecular complexity index is 1290. The highest BCUT2D eigenvalue weighted by atomic mass is 32.2. The van der Waals surface area contributed by atoms with Crippen molar-refractivity contribution in [2.24, 2.45) is 0 Å². The van der Waals surface area contributed by atoms with E-state index in [2.05, 4.69) is 5.32 Å². The monoisotopic (exact) mass is 417 g/mol. The first-order valence-electron chi connectivity index (χ1n) is 9.05. The quantitative estimate of drug-likeness (QED) is 0.619. The zero-order valence-corrected chi connectivity index (χ0v) is 16.4. The van der Waals surface area contributed by atoms with E-state index >= 15 is 0 Å². The summed E-state index contributed by atoms with van der Waals surface area (Å²) in [7, 11) is -3.09. The minimum atomic E-state index is -3.09. The highest BCUT2D eigenvalue weighted by Gasteiger charge is 2.29. The molecule has 1 saturated heterocycles. The number of nitrogens with one attached hydrogen (secondary N) is 1. The first-order chi connectivity index (χ1) is 13.7. The lowest BCUT2D eigenvalue weighted by Gasteiger charge is -2.12. The standard InChI is InChI=1S/C20H19NO7S/c1-11-2-3-14-16(6-11)28-17-8-13(7-15(22)19(17)20(14)24)27-9-18(23)21-12-4-5-29(25,26)10-12/h2-3,6-8,12,22H,4-5,9-10H2,1H3,(H,21,23)/t12-/m1/s1. The van der Waals surface area contributed by atoms with Crippen molar-refractivity contribution < 1.29 is 27.5 Å². The molecule has 152 valence electrons. The van der Waals surface area contributed by atoms with E-state index in [4.69, 9.17) is 9.15 Å². The predicted molar refractivity (Wildman–Crippen MR) is 107 cm³/mol. The second-order valence-corrected chi connectivity index (χ2v) is 9.43. The van der Waals surface area contributed by atoms with Gasteiger partial charge in [0.1, 0.15) is 28.1 Å². The first kappa shape index (κ1) is 19.3. The van der Waals surface area contributed by atoms with E-state index in [1.54, 1.807) is 18.2 Å². The highest BCUT2D eigenvalue weighted by molar-refractivity contribution is 7.91. The van der Waals surface area contributed by atoms with Crippen LogP contribution in [-0.4, -0.2) is 43.6 Å². The number of phenolic OH excluding ortho intramolecular Hbond substituents is 1. The SMILES string of the molecule is Cc1ccc2c(=O)c3c(O)cc(OCC(=O)N[C@@H]4CCS(=O)(=O)C4)cc3oc2c1. The van der Waals surface area contributed by atoms with Gasteiger partial charge in [-0.05, 0) is 31.0 Å². The van der Waals surface area contributed by atoms with Crippen LogP contribution >= 0.6 is 0 Å². The van der Waals surface area contributed by atoms with Gasteiger partial charge in [0.15, 0.2) is 16.4 Å². The summed E-state index contributed by atoms with van der Waals surface area (Å²) in [6.07, 6.45) is 0.377. The second-order valence-electron chi connectivity index (χ2n) is 7.20. The van der Waals surface area contributed by atoms with Crippen molar-refractivity contribution in [3.05, 3.63) is 46.1 Å². The fraction of sp³-hybridized carbons (Fsp3) is 0.300. The van der Waals surface area contributed by atoms with Gasteiger partial charge in [0.25, 0.3) is 5.91 Å². The smallest absolute Gasteiger partial charge is 0.258 e. The molecule has 0 saturated carbocycles. The number of phenols is 1. The number of benzene rings is 2. The van der Waals surface area contributed by atoms with Crippen molar-refractivity contribution in [3.8, 4) is 11.5 Å². The van der Waals surface area contributed by atoms with Crippen molar-refractivity contribution >= 4 is 37.7 Å². The third-order valence-electron chi connectivity index (χ3n) is 4.85. The molecule has 29 heavy (non-hydrogen) atoms. The number of carbonyl (C=O) groups is 1. The van der Waals surface area contributed by atoms with Crippen molar-refractivity contribution in [3.63, 3.8) is 0 Å². The Morgan fingerprint density at radius 3 is 2.79 bits per heavy atom. The minimum absolute atomic E-state index is 0.0364. The van der Waals surface area contributed by atoms with Gasteiger partial charge in [0, 0.05) is 18.2 Å². The third-order valence-corrected chi connectivity index (χ3v) is 6.62.